The summed E-state index contributed by atoms with van der Waals surface area (Å²) in [7, 11) is 2.99. The Bertz CT molecular complexity index is 726. The van der Waals surface area contributed by atoms with Gasteiger partial charge in [0, 0.05) is 6.07 Å². The van der Waals surface area contributed by atoms with E-state index in [9.17, 15) is 14.4 Å². The van der Waals surface area contributed by atoms with Crippen LogP contribution in [0.15, 0.2) is 18.2 Å². The topological polar surface area (TPSA) is 96.4 Å². The Balaban J connectivity index is 1.79. The molecule has 2 heterocycles. The van der Waals surface area contributed by atoms with Crippen molar-refractivity contribution in [3.8, 4) is 11.5 Å². The molecular formula is C18H22N2O6. The highest BCUT2D eigenvalue weighted by atomic mass is 16.5. The van der Waals surface area contributed by atoms with E-state index < -0.39 is 12.0 Å². The standard InChI is InChI=1S/C18H22N2O6/c1-25-12-3-4-13(15(9-12)26-2)20-16(21)10-14(17(20)22)19-7-5-11(6-8-19)18(23)24/h3-4,9,11,14H,5-8,10H2,1-2H3,(H,23,24)/t14-/m1/s1. The average molecular weight is 362 g/mol. The number of nitrogens with zero attached hydrogens (tertiary/aromatic N) is 2. The number of anilines is 1. The largest absolute Gasteiger partial charge is 0.497 e. The molecule has 140 valence electrons. The van der Waals surface area contributed by atoms with Crippen molar-refractivity contribution in [1.82, 2.24) is 4.90 Å². The number of carbonyl (C=O) groups excluding carboxylic acids is 2. The highest BCUT2D eigenvalue weighted by Gasteiger charge is 2.44. The molecule has 1 aromatic carbocycles. The summed E-state index contributed by atoms with van der Waals surface area (Å²) in [6, 6.07) is 4.38. The summed E-state index contributed by atoms with van der Waals surface area (Å²) in [4.78, 5) is 39.6. The fourth-order valence-electron chi connectivity index (χ4n) is 3.58. The molecule has 0 saturated carbocycles. The van der Waals surface area contributed by atoms with E-state index in [0.29, 0.717) is 43.1 Å². The molecule has 0 spiro atoms. The highest BCUT2D eigenvalue weighted by Crippen LogP contribution is 2.36. The molecule has 2 fully saturated rings. The lowest BCUT2D eigenvalue weighted by Crippen LogP contribution is -2.46. The molecule has 0 unspecified atom stereocenters. The fourth-order valence-corrected chi connectivity index (χ4v) is 3.58. The summed E-state index contributed by atoms with van der Waals surface area (Å²) in [5.41, 5.74) is 0.395. The summed E-state index contributed by atoms with van der Waals surface area (Å²) in [5, 5.41) is 9.10. The number of ether oxygens (including phenoxy) is 2. The summed E-state index contributed by atoms with van der Waals surface area (Å²) >= 11 is 0. The van der Waals surface area contributed by atoms with Gasteiger partial charge in [0.25, 0.3) is 5.91 Å². The Morgan fingerprint density at radius 3 is 2.42 bits per heavy atom. The monoisotopic (exact) mass is 362 g/mol. The molecule has 2 aliphatic heterocycles. The van der Waals surface area contributed by atoms with Crippen molar-refractivity contribution in [3.05, 3.63) is 18.2 Å². The molecule has 0 bridgehead atoms. The number of imide groups is 1. The molecule has 1 N–H and O–H groups in total. The Kier molecular flexibility index (Phi) is 5.13. The van der Waals surface area contributed by atoms with Gasteiger partial charge < -0.3 is 14.6 Å². The second-order valence-electron chi connectivity index (χ2n) is 6.47. The first-order chi connectivity index (χ1) is 12.5. The van der Waals surface area contributed by atoms with Crippen molar-refractivity contribution >= 4 is 23.5 Å². The first-order valence-electron chi connectivity index (χ1n) is 8.52. The van der Waals surface area contributed by atoms with Gasteiger partial charge in [-0.1, -0.05) is 0 Å². The number of likely N-dealkylation sites (tertiary alicyclic amines) is 1. The molecule has 26 heavy (non-hydrogen) atoms. The first kappa shape index (κ1) is 18.2. The molecule has 8 nitrogen and oxygen atoms in total. The Hall–Kier alpha value is -2.61. The van der Waals surface area contributed by atoms with Crippen LogP contribution >= 0.6 is 0 Å². The zero-order valence-corrected chi connectivity index (χ0v) is 14.8. The molecule has 2 saturated heterocycles. The summed E-state index contributed by atoms with van der Waals surface area (Å²) < 4.78 is 10.5. The normalized spacial score (nSPS) is 21.9. The lowest BCUT2D eigenvalue weighted by molar-refractivity contribution is -0.143. The maximum atomic E-state index is 12.9. The second-order valence-corrected chi connectivity index (χ2v) is 6.47. The molecule has 2 amide bonds. The third kappa shape index (κ3) is 3.24. The van der Waals surface area contributed by atoms with E-state index in [-0.39, 0.29) is 24.2 Å². The average Bonchev–Trinajstić information content (AvgIpc) is 2.95. The van der Waals surface area contributed by atoms with Gasteiger partial charge in [0.1, 0.15) is 11.5 Å². The fraction of sp³-hybridized carbons (Fsp3) is 0.500. The van der Waals surface area contributed by atoms with Gasteiger partial charge in [-0.2, -0.15) is 0 Å². The molecular weight excluding hydrogens is 340 g/mol. The van der Waals surface area contributed by atoms with Gasteiger partial charge in [0.05, 0.1) is 38.3 Å². The molecule has 1 atom stereocenters. The third-order valence-electron chi connectivity index (χ3n) is 5.07. The van der Waals surface area contributed by atoms with Crippen LogP contribution in [0.4, 0.5) is 5.69 Å². The number of hydrogen-bond donors (Lipinski definition) is 1. The van der Waals surface area contributed by atoms with Crippen LogP contribution in [0.5, 0.6) is 11.5 Å². The number of piperidine rings is 1. The zero-order chi connectivity index (χ0) is 18.8. The number of carbonyl (C=O) groups is 3. The van der Waals surface area contributed by atoms with Gasteiger partial charge >= 0.3 is 5.97 Å². The van der Waals surface area contributed by atoms with Crippen LogP contribution in [0.2, 0.25) is 0 Å². The van der Waals surface area contributed by atoms with Crippen molar-refractivity contribution in [2.45, 2.75) is 25.3 Å². The molecule has 8 heteroatoms. The highest BCUT2D eigenvalue weighted by molar-refractivity contribution is 6.23. The van der Waals surface area contributed by atoms with E-state index >= 15 is 0 Å². The van der Waals surface area contributed by atoms with Crippen molar-refractivity contribution in [1.29, 1.82) is 0 Å². The Labute approximate surface area is 151 Å². The van der Waals surface area contributed by atoms with Crippen LogP contribution < -0.4 is 14.4 Å². The van der Waals surface area contributed by atoms with Crippen LogP contribution in [0, 0.1) is 5.92 Å². The van der Waals surface area contributed by atoms with Crippen LogP contribution in [0.1, 0.15) is 19.3 Å². The number of carboxylic acid groups (broad SMARTS) is 1. The smallest absolute Gasteiger partial charge is 0.306 e. The Morgan fingerprint density at radius 1 is 1.15 bits per heavy atom. The minimum Gasteiger partial charge on any atom is -0.497 e. The Morgan fingerprint density at radius 2 is 1.85 bits per heavy atom. The van der Waals surface area contributed by atoms with Gasteiger partial charge in [-0.15, -0.1) is 0 Å². The SMILES string of the molecule is COc1ccc(N2C(=O)C[C@@H](N3CCC(C(=O)O)CC3)C2=O)c(OC)c1. The number of benzene rings is 1. The van der Waals surface area contributed by atoms with Crippen LogP contribution in [0.25, 0.3) is 0 Å². The lowest BCUT2D eigenvalue weighted by Gasteiger charge is -2.33. The van der Waals surface area contributed by atoms with E-state index in [2.05, 4.69) is 0 Å². The predicted octanol–water partition coefficient (Wildman–Crippen LogP) is 1.13. The molecule has 0 aliphatic carbocycles. The quantitative estimate of drug-likeness (QED) is 0.785. The first-order valence-corrected chi connectivity index (χ1v) is 8.52. The van der Waals surface area contributed by atoms with Crippen LogP contribution in [-0.4, -0.2) is 61.1 Å². The number of amides is 2. The van der Waals surface area contributed by atoms with Gasteiger partial charge in [-0.25, -0.2) is 4.90 Å². The molecule has 2 aliphatic rings. The molecule has 1 aromatic rings. The van der Waals surface area contributed by atoms with Crippen molar-refractivity contribution in [3.63, 3.8) is 0 Å². The zero-order valence-electron chi connectivity index (χ0n) is 14.8. The van der Waals surface area contributed by atoms with Crippen molar-refractivity contribution in [2.75, 3.05) is 32.2 Å². The van der Waals surface area contributed by atoms with Crippen LogP contribution in [-0.2, 0) is 14.4 Å². The predicted molar refractivity (Wildman–Crippen MR) is 92.4 cm³/mol. The van der Waals surface area contributed by atoms with Gasteiger partial charge in [-0.05, 0) is 38.1 Å². The maximum Gasteiger partial charge on any atom is 0.306 e. The van der Waals surface area contributed by atoms with E-state index in [0.717, 1.165) is 4.90 Å². The number of hydrogen-bond acceptors (Lipinski definition) is 6. The van der Waals surface area contributed by atoms with Gasteiger partial charge in [-0.3, -0.25) is 19.3 Å². The molecule has 0 aromatic heterocycles. The minimum atomic E-state index is -0.803. The number of methoxy groups -OCH3 is 2. The van der Waals surface area contributed by atoms with Crippen molar-refractivity contribution in [2.24, 2.45) is 5.92 Å². The molecule has 0 radical (unpaired) electrons. The second kappa shape index (κ2) is 7.33. The van der Waals surface area contributed by atoms with E-state index in [1.807, 2.05) is 4.90 Å². The minimum absolute atomic E-state index is 0.0890. The number of rotatable bonds is 5. The van der Waals surface area contributed by atoms with Crippen LogP contribution in [0.3, 0.4) is 0 Å². The van der Waals surface area contributed by atoms with E-state index in [1.54, 1.807) is 18.2 Å². The summed E-state index contributed by atoms with van der Waals surface area (Å²) in [6.45, 7) is 0.989. The number of carboxylic acids is 1. The van der Waals surface area contributed by atoms with Crippen molar-refractivity contribution < 1.29 is 29.0 Å². The van der Waals surface area contributed by atoms with Gasteiger partial charge in [0.15, 0.2) is 0 Å². The van der Waals surface area contributed by atoms with Gasteiger partial charge in [0.2, 0.25) is 5.91 Å². The number of aliphatic carboxylic acids is 1. The summed E-state index contributed by atoms with van der Waals surface area (Å²) in [5.74, 6) is -0.816. The third-order valence-corrected chi connectivity index (χ3v) is 5.07. The van der Waals surface area contributed by atoms with E-state index in [1.165, 1.54) is 14.2 Å². The summed E-state index contributed by atoms with van der Waals surface area (Å²) in [6.07, 6.45) is 1.06. The lowest BCUT2D eigenvalue weighted by atomic mass is 9.96. The molecule has 3 rings (SSSR count). The maximum absolute atomic E-state index is 12.9. The van der Waals surface area contributed by atoms with E-state index in [4.69, 9.17) is 14.6 Å².